The highest BCUT2D eigenvalue weighted by atomic mass is 15.2. The van der Waals surface area contributed by atoms with Crippen LogP contribution in [0.4, 0.5) is 0 Å². The van der Waals surface area contributed by atoms with E-state index < -0.39 is 0 Å². The highest BCUT2D eigenvalue weighted by Gasteiger charge is 2.09. The zero-order chi connectivity index (χ0) is 10.8. The van der Waals surface area contributed by atoms with Gasteiger partial charge in [-0.2, -0.15) is 5.10 Å². The first-order chi connectivity index (χ1) is 7.27. The first-order valence-corrected chi connectivity index (χ1v) is 4.83. The maximum atomic E-state index is 4.27. The molecule has 0 amide bonds. The molecule has 2 aromatic rings. The third kappa shape index (κ3) is 1.46. The summed E-state index contributed by atoms with van der Waals surface area (Å²) in [4.78, 5) is 4.27. The predicted molar refractivity (Wildman–Crippen MR) is 61.7 cm³/mol. The molecule has 3 heteroatoms. The second-order valence-electron chi connectivity index (χ2n) is 3.41. The van der Waals surface area contributed by atoms with E-state index in [-0.39, 0.29) is 0 Å². The van der Waals surface area contributed by atoms with Crippen molar-refractivity contribution in [1.29, 1.82) is 0 Å². The molecule has 15 heavy (non-hydrogen) atoms. The Kier molecular flexibility index (Phi) is 2.37. The normalized spacial score (nSPS) is 10.5. The van der Waals surface area contributed by atoms with Gasteiger partial charge < -0.3 is 0 Å². The molecule has 2 heterocycles. The third-order valence-corrected chi connectivity index (χ3v) is 2.40. The molecule has 0 radical (unpaired) electrons. The molecule has 0 aliphatic carbocycles. The van der Waals surface area contributed by atoms with Gasteiger partial charge in [0.15, 0.2) is 0 Å². The van der Waals surface area contributed by atoms with E-state index >= 15 is 0 Å². The minimum atomic E-state index is 0.746. The van der Waals surface area contributed by atoms with E-state index in [0.29, 0.717) is 0 Å². The molecular weight excluding hydrogens is 186 g/mol. The summed E-state index contributed by atoms with van der Waals surface area (Å²) in [6.45, 7) is 9.55. The van der Waals surface area contributed by atoms with Gasteiger partial charge in [0.05, 0.1) is 11.2 Å². The maximum Gasteiger partial charge on any atom is 0.136 e. The zero-order valence-electron chi connectivity index (χ0n) is 8.77. The van der Waals surface area contributed by atoms with Crippen molar-refractivity contribution >= 4 is 11.6 Å². The number of hydrogen-bond donors (Lipinski definition) is 0. The first kappa shape index (κ1) is 9.65. The summed E-state index contributed by atoms with van der Waals surface area (Å²) in [7, 11) is 0. The number of allylic oxidation sites excluding steroid dienone is 1. The lowest BCUT2D eigenvalue weighted by atomic mass is 10.2. The van der Waals surface area contributed by atoms with Gasteiger partial charge in [-0.3, -0.25) is 0 Å². The topological polar surface area (TPSA) is 30.2 Å². The van der Waals surface area contributed by atoms with Crippen LogP contribution in [0.15, 0.2) is 31.6 Å². The van der Waals surface area contributed by atoms with E-state index in [9.17, 15) is 0 Å². The van der Waals surface area contributed by atoms with Crippen LogP contribution < -0.4 is 0 Å². The number of aryl methyl sites for hydroxylation is 1. The summed E-state index contributed by atoms with van der Waals surface area (Å²) in [5.41, 5.74) is 4.19. The predicted octanol–water partition coefficient (Wildman–Crippen LogP) is 2.41. The van der Waals surface area contributed by atoms with Crippen molar-refractivity contribution in [3.8, 4) is 0 Å². The highest BCUT2D eigenvalue weighted by Crippen LogP contribution is 2.19. The van der Waals surface area contributed by atoms with Crippen LogP contribution in [0, 0.1) is 6.92 Å². The maximum absolute atomic E-state index is 4.27. The fraction of sp³-hybridized carbons (Fsp3) is 0.167. The van der Waals surface area contributed by atoms with Crippen molar-refractivity contribution in [2.24, 2.45) is 0 Å². The van der Waals surface area contributed by atoms with Crippen LogP contribution in [0.5, 0.6) is 0 Å². The molecule has 76 valence electrons. The van der Waals surface area contributed by atoms with Crippen LogP contribution in [-0.4, -0.2) is 14.6 Å². The third-order valence-electron chi connectivity index (χ3n) is 2.40. The molecule has 0 N–H and O–H groups in total. The molecule has 0 aliphatic heterocycles. The Morgan fingerprint density at radius 2 is 2.27 bits per heavy atom. The lowest BCUT2D eigenvalue weighted by molar-refractivity contribution is 0.851. The molecule has 3 nitrogen and oxygen atoms in total. The number of nitrogens with zero attached hydrogens (tertiary/aromatic N) is 3. The van der Waals surface area contributed by atoms with E-state index in [1.807, 2.05) is 23.6 Å². The minimum absolute atomic E-state index is 0.746. The van der Waals surface area contributed by atoms with Gasteiger partial charge in [0, 0.05) is 17.7 Å². The number of fused-ring (bicyclic) bond motifs is 1. The minimum Gasteiger partial charge on any atom is -0.237 e. The molecule has 0 saturated carbocycles. The van der Waals surface area contributed by atoms with Crippen molar-refractivity contribution in [2.75, 3.05) is 0 Å². The molecule has 2 aromatic heterocycles. The summed E-state index contributed by atoms with van der Waals surface area (Å²) in [6, 6.07) is 2.06. The molecule has 0 fully saturated rings. The van der Waals surface area contributed by atoms with E-state index in [1.54, 1.807) is 6.33 Å². The average molecular weight is 199 g/mol. The van der Waals surface area contributed by atoms with Crippen molar-refractivity contribution < 1.29 is 0 Å². The van der Waals surface area contributed by atoms with Crippen LogP contribution in [0.3, 0.4) is 0 Å². The SMILES string of the molecule is C=CCc1ncnn2c(C)cc(C=C)c12. The lowest BCUT2D eigenvalue weighted by Crippen LogP contribution is -2.00. The second kappa shape index (κ2) is 3.69. The Hall–Kier alpha value is -1.90. The number of aromatic nitrogens is 3. The van der Waals surface area contributed by atoms with Crippen LogP contribution in [0.2, 0.25) is 0 Å². The fourth-order valence-electron chi connectivity index (χ4n) is 1.74. The molecule has 0 saturated heterocycles. The van der Waals surface area contributed by atoms with E-state index in [2.05, 4.69) is 29.3 Å². The molecule has 0 atom stereocenters. The van der Waals surface area contributed by atoms with Gasteiger partial charge in [-0.25, -0.2) is 9.50 Å². The molecule has 0 aliphatic rings. The Labute approximate surface area is 88.8 Å². The molecule has 0 unspecified atom stereocenters. The van der Waals surface area contributed by atoms with Crippen molar-refractivity contribution in [3.63, 3.8) is 0 Å². The van der Waals surface area contributed by atoms with Crippen molar-refractivity contribution in [3.05, 3.63) is 48.6 Å². The van der Waals surface area contributed by atoms with E-state index in [0.717, 1.165) is 28.9 Å². The van der Waals surface area contributed by atoms with Crippen LogP contribution in [0.1, 0.15) is 17.0 Å². The van der Waals surface area contributed by atoms with Crippen LogP contribution in [-0.2, 0) is 6.42 Å². The Morgan fingerprint density at radius 3 is 2.93 bits per heavy atom. The highest BCUT2D eigenvalue weighted by molar-refractivity contribution is 5.72. The van der Waals surface area contributed by atoms with Gasteiger partial charge in [0.2, 0.25) is 0 Å². The summed E-state index contributed by atoms with van der Waals surface area (Å²) in [5.74, 6) is 0. The van der Waals surface area contributed by atoms with Gasteiger partial charge in [-0.15, -0.1) is 6.58 Å². The quantitative estimate of drug-likeness (QED) is 0.710. The lowest BCUT2D eigenvalue weighted by Gasteiger charge is -2.01. The van der Waals surface area contributed by atoms with E-state index in [4.69, 9.17) is 0 Å². The zero-order valence-corrected chi connectivity index (χ0v) is 8.77. The van der Waals surface area contributed by atoms with Gasteiger partial charge in [0.1, 0.15) is 6.33 Å². The molecule has 0 aromatic carbocycles. The second-order valence-corrected chi connectivity index (χ2v) is 3.41. The molecule has 0 spiro atoms. The summed E-state index contributed by atoms with van der Waals surface area (Å²) >= 11 is 0. The molecule has 2 rings (SSSR count). The van der Waals surface area contributed by atoms with Crippen molar-refractivity contribution in [2.45, 2.75) is 13.3 Å². The monoisotopic (exact) mass is 199 g/mol. The van der Waals surface area contributed by atoms with Gasteiger partial charge in [-0.05, 0) is 13.0 Å². The van der Waals surface area contributed by atoms with E-state index in [1.165, 1.54) is 0 Å². The summed E-state index contributed by atoms with van der Waals surface area (Å²) < 4.78 is 1.89. The van der Waals surface area contributed by atoms with Gasteiger partial charge >= 0.3 is 0 Å². The van der Waals surface area contributed by atoms with Crippen LogP contribution in [0.25, 0.3) is 11.6 Å². The van der Waals surface area contributed by atoms with Gasteiger partial charge in [0.25, 0.3) is 0 Å². The number of hydrogen-bond acceptors (Lipinski definition) is 2. The largest absolute Gasteiger partial charge is 0.237 e. The Morgan fingerprint density at radius 1 is 1.47 bits per heavy atom. The summed E-state index contributed by atoms with van der Waals surface area (Å²) in [6.07, 6.45) is 6.00. The summed E-state index contributed by atoms with van der Waals surface area (Å²) in [5, 5.41) is 4.22. The fourth-order valence-corrected chi connectivity index (χ4v) is 1.74. The van der Waals surface area contributed by atoms with Gasteiger partial charge in [-0.1, -0.05) is 18.7 Å². The number of rotatable bonds is 3. The van der Waals surface area contributed by atoms with Crippen molar-refractivity contribution in [1.82, 2.24) is 14.6 Å². The van der Waals surface area contributed by atoms with Crippen LogP contribution >= 0.6 is 0 Å². The first-order valence-electron chi connectivity index (χ1n) is 4.83. The smallest absolute Gasteiger partial charge is 0.136 e. The standard InChI is InChI=1S/C12H13N3/c1-4-6-11-12-10(5-2)7-9(3)15(12)14-8-13-11/h4-5,7-8H,1-2,6H2,3H3. The average Bonchev–Trinajstić information content (AvgIpc) is 2.58. The Balaban J connectivity index is 2.81. The Bertz CT molecular complexity index is 523. The molecular formula is C12H13N3. The molecule has 0 bridgehead atoms.